The Morgan fingerprint density at radius 2 is 1.96 bits per heavy atom. The van der Waals surface area contributed by atoms with Crippen LogP contribution >= 0.6 is 24.0 Å². The predicted octanol–water partition coefficient (Wildman–Crippen LogP) is 2.18. The first-order chi connectivity index (χ1) is 13.3. The van der Waals surface area contributed by atoms with Crippen molar-refractivity contribution in [3.63, 3.8) is 0 Å². The Morgan fingerprint density at radius 3 is 2.61 bits per heavy atom. The Hall–Kier alpha value is -0.120. The molecular formula is C21H37IN4O2. The molecule has 0 aromatic heterocycles. The molecule has 4 unspecified atom stereocenters. The summed E-state index contributed by atoms with van der Waals surface area (Å²) in [6.45, 7) is 11.5. The third-order valence-corrected chi connectivity index (χ3v) is 7.84. The van der Waals surface area contributed by atoms with Gasteiger partial charge < -0.3 is 19.7 Å². The van der Waals surface area contributed by atoms with E-state index in [1.165, 1.54) is 38.6 Å². The zero-order valence-corrected chi connectivity index (χ0v) is 19.6. The Balaban J connectivity index is 0.00000192. The molecule has 0 radical (unpaired) electrons. The van der Waals surface area contributed by atoms with Gasteiger partial charge in [0.15, 0.2) is 5.96 Å². The van der Waals surface area contributed by atoms with Crippen LogP contribution in [0.15, 0.2) is 4.99 Å². The van der Waals surface area contributed by atoms with Crippen LogP contribution < -0.4 is 5.32 Å². The first-order valence-corrected chi connectivity index (χ1v) is 11.3. The summed E-state index contributed by atoms with van der Waals surface area (Å²) in [5, 5.41) is 3.93. The van der Waals surface area contributed by atoms with Crippen molar-refractivity contribution < 1.29 is 9.47 Å². The molecule has 4 atom stereocenters. The molecule has 0 amide bonds. The zero-order valence-electron chi connectivity index (χ0n) is 17.3. The summed E-state index contributed by atoms with van der Waals surface area (Å²) < 4.78 is 11.6. The molecular weight excluding hydrogens is 467 g/mol. The average molecular weight is 504 g/mol. The molecule has 3 heterocycles. The fraction of sp³-hybridized carbons (Fsp3) is 0.952. The number of halogens is 1. The van der Waals surface area contributed by atoms with Gasteiger partial charge in [-0.15, -0.1) is 24.0 Å². The minimum Gasteiger partial charge on any atom is -0.381 e. The van der Waals surface area contributed by atoms with Crippen molar-refractivity contribution in [2.45, 2.75) is 51.2 Å². The third kappa shape index (κ3) is 3.69. The fourth-order valence-electron chi connectivity index (χ4n) is 6.22. The van der Waals surface area contributed by atoms with E-state index >= 15 is 0 Å². The monoisotopic (exact) mass is 504 g/mol. The molecule has 6 nitrogen and oxygen atoms in total. The molecule has 3 saturated heterocycles. The Bertz CT molecular complexity index is 557. The number of nitrogens with zero attached hydrogens (tertiary/aromatic N) is 3. The van der Waals surface area contributed by atoms with Gasteiger partial charge in [0, 0.05) is 69.9 Å². The Morgan fingerprint density at radius 1 is 1.14 bits per heavy atom. The third-order valence-electron chi connectivity index (χ3n) is 7.84. The summed E-state index contributed by atoms with van der Waals surface area (Å²) in [6.07, 6.45) is 7.02. The maximum atomic E-state index is 6.09. The SMILES string of the molecule is CCN=C(NC1C2CCOC2C12CCC2)N1CCN(CC2CCOC2)CC1.I. The van der Waals surface area contributed by atoms with Crippen LogP contribution in [0.25, 0.3) is 0 Å². The van der Waals surface area contributed by atoms with Crippen molar-refractivity contribution in [2.75, 3.05) is 59.1 Å². The second-order valence-electron chi connectivity index (χ2n) is 9.27. The molecule has 1 spiro atoms. The highest BCUT2D eigenvalue weighted by molar-refractivity contribution is 14.0. The van der Waals surface area contributed by atoms with Gasteiger partial charge in [-0.05, 0) is 38.5 Å². The van der Waals surface area contributed by atoms with E-state index in [1.54, 1.807) is 0 Å². The molecule has 3 aliphatic heterocycles. The molecule has 5 rings (SSSR count). The minimum atomic E-state index is 0. The lowest BCUT2D eigenvalue weighted by atomic mass is 9.46. The van der Waals surface area contributed by atoms with Crippen LogP contribution in [0.2, 0.25) is 0 Å². The fourth-order valence-corrected chi connectivity index (χ4v) is 6.22. The summed E-state index contributed by atoms with van der Waals surface area (Å²) in [7, 11) is 0. The molecule has 160 valence electrons. The summed E-state index contributed by atoms with van der Waals surface area (Å²) in [6, 6.07) is 0.581. The number of guanidine groups is 1. The van der Waals surface area contributed by atoms with E-state index in [1.807, 2.05) is 0 Å². The molecule has 0 bridgehead atoms. The van der Waals surface area contributed by atoms with Gasteiger partial charge in [0.05, 0.1) is 12.7 Å². The molecule has 7 heteroatoms. The van der Waals surface area contributed by atoms with Gasteiger partial charge in [-0.25, -0.2) is 0 Å². The van der Waals surface area contributed by atoms with Gasteiger partial charge in [0.1, 0.15) is 0 Å². The maximum Gasteiger partial charge on any atom is 0.194 e. The molecule has 5 fully saturated rings. The van der Waals surface area contributed by atoms with E-state index in [4.69, 9.17) is 14.5 Å². The highest BCUT2D eigenvalue weighted by atomic mass is 127. The highest BCUT2D eigenvalue weighted by Gasteiger charge is 2.66. The lowest BCUT2D eigenvalue weighted by Gasteiger charge is -2.63. The van der Waals surface area contributed by atoms with E-state index in [2.05, 4.69) is 22.0 Å². The largest absolute Gasteiger partial charge is 0.381 e. The molecule has 5 aliphatic rings. The quantitative estimate of drug-likeness (QED) is 0.362. The lowest BCUT2D eigenvalue weighted by Crippen LogP contribution is -2.73. The second-order valence-corrected chi connectivity index (χ2v) is 9.27. The maximum absolute atomic E-state index is 6.09. The smallest absolute Gasteiger partial charge is 0.194 e. The molecule has 28 heavy (non-hydrogen) atoms. The van der Waals surface area contributed by atoms with Crippen molar-refractivity contribution in [3.05, 3.63) is 0 Å². The van der Waals surface area contributed by atoms with Crippen molar-refractivity contribution in [1.82, 2.24) is 15.1 Å². The van der Waals surface area contributed by atoms with Gasteiger partial charge >= 0.3 is 0 Å². The molecule has 0 aromatic carbocycles. The topological polar surface area (TPSA) is 49.3 Å². The summed E-state index contributed by atoms with van der Waals surface area (Å²) in [4.78, 5) is 10.0. The first-order valence-electron chi connectivity index (χ1n) is 11.3. The van der Waals surface area contributed by atoms with Crippen LogP contribution in [-0.2, 0) is 9.47 Å². The summed E-state index contributed by atoms with van der Waals surface area (Å²) in [5.41, 5.74) is 0.417. The summed E-state index contributed by atoms with van der Waals surface area (Å²) >= 11 is 0. The second kappa shape index (κ2) is 8.94. The average Bonchev–Trinajstić information content (AvgIpc) is 3.29. The van der Waals surface area contributed by atoms with Gasteiger partial charge in [0.2, 0.25) is 0 Å². The molecule has 1 N–H and O–H groups in total. The van der Waals surface area contributed by atoms with E-state index in [-0.39, 0.29) is 24.0 Å². The van der Waals surface area contributed by atoms with E-state index < -0.39 is 0 Å². The first kappa shape index (κ1) is 21.1. The summed E-state index contributed by atoms with van der Waals surface area (Å²) in [5.74, 6) is 2.60. The van der Waals surface area contributed by atoms with Gasteiger partial charge in [-0.3, -0.25) is 9.89 Å². The van der Waals surface area contributed by atoms with Crippen LogP contribution in [0, 0.1) is 17.3 Å². The lowest BCUT2D eigenvalue weighted by molar-refractivity contribution is -0.171. The predicted molar refractivity (Wildman–Crippen MR) is 121 cm³/mol. The number of hydrogen-bond acceptors (Lipinski definition) is 4. The molecule has 0 aromatic rings. The van der Waals surface area contributed by atoms with Crippen molar-refractivity contribution >= 4 is 29.9 Å². The Labute approximate surface area is 186 Å². The normalized spacial score (nSPS) is 37.2. The number of piperazine rings is 1. The number of fused-ring (bicyclic) bond motifs is 2. The van der Waals surface area contributed by atoms with Crippen molar-refractivity contribution in [3.8, 4) is 0 Å². The number of aliphatic imine (C=N–C) groups is 1. The number of rotatable bonds is 4. The van der Waals surface area contributed by atoms with Crippen molar-refractivity contribution in [1.29, 1.82) is 0 Å². The van der Waals surface area contributed by atoms with Crippen LogP contribution in [0.5, 0.6) is 0 Å². The van der Waals surface area contributed by atoms with Crippen molar-refractivity contribution in [2.24, 2.45) is 22.2 Å². The Kier molecular flexibility index (Phi) is 6.74. The highest BCUT2D eigenvalue weighted by Crippen LogP contribution is 2.62. The minimum absolute atomic E-state index is 0. The number of hydrogen-bond donors (Lipinski definition) is 1. The van der Waals surface area contributed by atoms with Gasteiger partial charge in [-0.2, -0.15) is 0 Å². The van der Waals surface area contributed by atoms with E-state index in [9.17, 15) is 0 Å². The van der Waals surface area contributed by atoms with Crippen LogP contribution in [0.1, 0.15) is 39.0 Å². The standard InChI is InChI=1S/C21H36N4O2.HI/c1-2-22-20(23-18-17-5-13-27-19(17)21(18)6-3-7-21)25-10-8-24(9-11-25)14-16-4-12-26-15-16;/h16-19H,2-15H2,1H3,(H,22,23);1H. The molecule has 2 saturated carbocycles. The van der Waals surface area contributed by atoms with E-state index in [0.29, 0.717) is 23.5 Å². The number of ether oxygens (including phenoxy) is 2. The van der Waals surface area contributed by atoms with Crippen LogP contribution in [0.3, 0.4) is 0 Å². The van der Waals surface area contributed by atoms with Crippen LogP contribution in [0.4, 0.5) is 0 Å². The zero-order chi connectivity index (χ0) is 18.3. The van der Waals surface area contributed by atoms with E-state index in [0.717, 1.165) is 64.4 Å². The number of nitrogens with one attached hydrogen (secondary N) is 1. The molecule has 2 aliphatic carbocycles. The van der Waals surface area contributed by atoms with Gasteiger partial charge in [-0.1, -0.05) is 6.42 Å². The van der Waals surface area contributed by atoms with Crippen LogP contribution in [-0.4, -0.2) is 87.0 Å². The van der Waals surface area contributed by atoms with Gasteiger partial charge in [0.25, 0.3) is 0 Å².